The predicted molar refractivity (Wildman–Crippen MR) is 48.5 cm³/mol. The van der Waals surface area contributed by atoms with Crippen molar-refractivity contribution in [3.05, 3.63) is 0 Å². The molecule has 78 valence electrons. The van der Waals surface area contributed by atoms with Crippen LogP contribution in [0.25, 0.3) is 0 Å². The van der Waals surface area contributed by atoms with Crippen LogP contribution >= 0.6 is 0 Å². The molecule has 0 aromatic rings. The van der Waals surface area contributed by atoms with Gasteiger partial charge in [-0.05, 0) is 6.42 Å². The summed E-state index contributed by atoms with van der Waals surface area (Å²) in [5.41, 5.74) is -0.525. The molecule has 0 radical (unpaired) electrons. The van der Waals surface area contributed by atoms with Gasteiger partial charge in [-0.3, -0.25) is 9.59 Å². The number of amides is 1. The maximum Gasteiger partial charge on any atom is 0.315 e. The van der Waals surface area contributed by atoms with Crippen molar-refractivity contribution in [1.82, 2.24) is 10.6 Å². The van der Waals surface area contributed by atoms with Gasteiger partial charge in [0.15, 0.2) is 0 Å². The van der Waals surface area contributed by atoms with Crippen molar-refractivity contribution in [2.45, 2.75) is 18.9 Å². The van der Waals surface area contributed by atoms with Crippen LogP contribution in [0.3, 0.4) is 0 Å². The van der Waals surface area contributed by atoms with E-state index in [1.807, 2.05) is 0 Å². The summed E-state index contributed by atoms with van der Waals surface area (Å²) in [6.07, 6.45) is 0.996. The van der Waals surface area contributed by atoms with Crippen LogP contribution in [0.5, 0.6) is 0 Å². The molecule has 0 bridgehead atoms. The summed E-state index contributed by atoms with van der Waals surface area (Å²) in [4.78, 5) is 22.8. The van der Waals surface area contributed by atoms with Crippen molar-refractivity contribution in [2.75, 3.05) is 20.2 Å². The Hall–Kier alpha value is -1.10. The Morgan fingerprint density at radius 1 is 1.64 bits per heavy atom. The molecule has 2 N–H and O–H groups in total. The SMILES string of the molecule is COC(=O)C12CCC(=O)NC1CNC2. The topological polar surface area (TPSA) is 67.4 Å². The molecule has 2 atom stereocenters. The number of ether oxygens (including phenoxy) is 1. The Morgan fingerprint density at radius 2 is 2.43 bits per heavy atom. The zero-order valence-electron chi connectivity index (χ0n) is 8.13. The van der Waals surface area contributed by atoms with Crippen molar-refractivity contribution in [3.63, 3.8) is 0 Å². The summed E-state index contributed by atoms with van der Waals surface area (Å²) < 4.78 is 4.80. The Bertz CT molecular complexity index is 279. The first kappa shape index (κ1) is 9.45. The van der Waals surface area contributed by atoms with E-state index in [2.05, 4.69) is 10.6 Å². The maximum atomic E-state index is 11.7. The van der Waals surface area contributed by atoms with E-state index in [-0.39, 0.29) is 17.9 Å². The quantitative estimate of drug-likeness (QED) is 0.532. The van der Waals surface area contributed by atoms with Crippen LogP contribution in [0.2, 0.25) is 0 Å². The second-order valence-corrected chi connectivity index (χ2v) is 3.90. The van der Waals surface area contributed by atoms with Crippen LogP contribution in [-0.4, -0.2) is 38.1 Å². The Kier molecular flexibility index (Phi) is 2.19. The number of hydrogen-bond donors (Lipinski definition) is 2. The average Bonchev–Trinajstić information content (AvgIpc) is 2.60. The maximum absolute atomic E-state index is 11.7. The van der Waals surface area contributed by atoms with Gasteiger partial charge in [0.1, 0.15) is 5.41 Å². The van der Waals surface area contributed by atoms with Gasteiger partial charge in [-0.25, -0.2) is 0 Å². The number of carbonyl (C=O) groups is 2. The number of methoxy groups -OCH3 is 1. The van der Waals surface area contributed by atoms with Gasteiger partial charge in [0.25, 0.3) is 0 Å². The van der Waals surface area contributed by atoms with Crippen molar-refractivity contribution in [1.29, 1.82) is 0 Å². The standard InChI is InChI=1S/C9H14N2O3/c1-14-8(13)9-3-2-7(12)11-6(9)4-10-5-9/h6,10H,2-5H2,1H3,(H,11,12). The number of rotatable bonds is 1. The number of hydrogen-bond acceptors (Lipinski definition) is 4. The normalized spacial score (nSPS) is 36.1. The number of fused-ring (bicyclic) bond motifs is 1. The molecule has 0 aromatic heterocycles. The first-order valence-corrected chi connectivity index (χ1v) is 4.77. The van der Waals surface area contributed by atoms with E-state index in [1.54, 1.807) is 0 Å². The summed E-state index contributed by atoms with van der Waals surface area (Å²) in [6.45, 7) is 1.26. The second-order valence-electron chi connectivity index (χ2n) is 3.90. The third-order valence-electron chi connectivity index (χ3n) is 3.18. The molecule has 0 saturated carbocycles. The molecule has 2 fully saturated rings. The van der Waals surface area contributed by atoms with Gasteiger partial charge in [-0.1, -0.05) is 0 Å². The van der Waals surface area contributed by atoms with E-state index in [4.69, 9.17) is 4.74 Å². The lowest BCUT2D eigenvalue weighted by molar-refractivity contribution is -0.155. The number of carbonyl (C=O) groups excluding carboxylic acids is 2. The Morgan fingerprint density at radius 3 is 3.14 bits per heavy atom. The first-order chi connectivity index (χ1) is 6.69. The molecule has 5 nitrogen and oxygen atoms in total. The fourth-order valence-corrected chi connectivity index (χ4v) is 2.33. The molecule has 2 aliphatic heterocycles. The lowest BCUT2D eigenvalue weighted by Crippen LogP contribution is -2.55. The van der Waals surface area contributed by atoms with E-state index < -0.39 is 5.41 Å². The lowest BCUT2D eigenvalue weighted by Gasteiger charge is -2.35. The fourth-order valence-electron chi connectivity index (χ4n) is 2.33. The van der Waals surface area contributed by atoms with Gasteiger partial charge in [-0.2, -0.15) is 0 Å². The molecule has 0 aliphatic carbocycles. The number of nitrogens with one attached hydrogen (secondary N) is 2. The minimum Gasteiger partial charge on any atom is -0.468 e. The molecular formula is C9H14N2O3. The summed E-state index contributed by atoms with van der Waals surface area (Å²) >= 11 is 0. The summed E-state index contributed by atoms with van der Waals surface area (Å²) in [7, 11) is 1.39. The van der Waals surface area contributed by atoms with Crippen LogP contribution < -0.4 is 10.6 Å². The summed E-state index contributed by atoms with van der Waals surface area (Å²) in [5.74, 6) is -0.189. The van der Waals surface area contributed by atoms with Gasteiger partial charge < -0.3 is 15.4 Å². The van der Waals surface area contributed by atoms with Crippen LogP contribution in [0.15, 0.2) is 0 Å². The average molecular weight is 198 g/mol. The third kappa shape index (κ3) is 1.19. The Balaban J connectivity index is 2.23. The lowest BCUT2D eigenvalue weighted by atomic mass is 9.76. The Labute approximate surface area is 82.2 Å². The highest BCUT2D eigenvalue weighted by Gasteiger charge is 2.52. The van der Waals surface area contributed by atoms with Crippen molar-refractivity contribution < 1.29 is 14.3 Å². The van der Waals surface area contributed by atoms with E-state index in [0.717, 1.165) is 0 Å². The molecule has 2 saturated heterocycles. The molecule has 2 aliphatic rings. The summed E-state index contributed by atoms with van der Waals surface area (Å²) in [6, 6.07) is -0.101. The van der Waals surface area contributed by atoms with Gasteiger partial charge in [0.05, 0.1) is 13.2 Å². The third-order valence-corrected chi connectivity index (χ3v) is 3.18. The van der Waals surface area contributed by atoms with E-state index in [9.17, 15) is 9.59 Å². The van der Waals surface area contributed by atoms with Crippen LogP contribution in [0, 0.1) is 5.41 Å². The van der Waals surface area contributed by atoms with Gasteiger partial charge in [0.2, 0.25) is 5.91 Å². The predicted octanol–water partition coefficient (Wildman–Crippen LogP) is -0.972. The largest absolute Gasteiger partial charge is 0.468 e. The van der Waals surface area contributed by atoms with Gasteiger partial charge in [-0.15, -0.1) is 0 Å². The number of piperidine rings is 1. The molecule has 2 unspecified atom stereocenters. The van der Waals surface area contributed by atoms with Gasteiger partial charge in [0, 0.05) is 19.5 Å². The number of esters is 1. The van der Waals surface area contributed by atoms with E-state index in [1.165, 1.54) is 7.11 Å². The fraction of sp³-hybridized carbons (Fsp3) is 0.778. The highest BCUT2D eigenvalue weighted by atomic mass is 16.5. The minimum atomic E-state index is -0.525. The second kappa shape index (κ2) is 3.24. The molecule has 14 heavy (non-hydrogen) atoms. The molecule has 0 aromatic carbocycles. The summed E-state index contributed by atoms with van der Waals surface area (Å²) in [5, 5.41) is 5.96. The molecule has 2 heterocycles. The highest BCUT2D eigenvalue weighted by molar-refractivity contribution is 5.85. The highest BCUT2D eigenvalue weighted by Crippen LogP contribution is 2.35. The molecule has 1 amide bonds. The van der Waals surface area contributed by atoms with Crippen LogP contribution in [-0.2, 0) is 14.3 Å². The molecule has 0 spiro atoms. The van der Waals surface area contributed by atoms with Gasteiger partial charge >= 0.3 is 5.97 Å². The zero-order valence-corrected chi connectivity index (χ0v) is 8.13. The molecular weight excluding hydrogens is 184 g/mol. The molecule has 2 rings (SSSR count). The molecule has 5 heteroatoms. The van der Waals surface area contributed by atoms with Crippen LogP contribution in [0.4, 0.5) is 0 Å². The first-order valence-electron chi connectivity index (χ1n) is 4.77. The minimum absolute atomic E-state index is 0.0261. The monoisotopic (exact) mass is 198 g/mol. The van der Waals surface area contributed by atoms with Crippen LogP contribution in [0.1, 0.15) is 12.8 Å². The van der Waals surface area contributed by atoms with Crippen molar-refractivity contribution >= 4 is 11.9 Å². The van der Waals surface area contributed by atoms with E-state index >= 15 is 0 Å². The van der Waals surface area contributed by atoms with E-state index in [0.29, 0.717) is 25.9 Å². The smallest absolute Gasteiger partial charge is 0.315 e. The van der Waals surface area contributed by atoms with Crippen molar-refractivity contribution in [2.24, 2.45) is 5.41 Å². The zero-order chi connectivity index (χ0) is 10.2. The van der Waals surface area contributed by atoms with Crippen molar-refractivity contribution in [3.8, 4) is 0 Å².